The summed E-state index contributed by atoms with van der Waals surface area (Å²) in [5.74, 6) is -0.673. The molecule has 0 saturated carbocycles. The molecule has 210 valence electrons. The number of amides is 4. The zero-order valence-electron chi connectivity index (χ0n) is 22.1. The highest BCUT2D eigenvalue weighted by molar-refractivity contribution is 5.85. The molecule has 7 N–H and O–H groups in total. The maximum absolute atomic E-state index is 12.7. The van der Waals surface area contributed by atoms with Gasteiger partial charge in [-0.1, -0.05) is 20.3 Å². The Balaban J connectivity index is 4.85. The zero-order valence-corrected chi connectivity index (χ0v) is 22.1. The van der Waals surface area contributed by atoms with Crippen molar-refractivity contribution < 1.29 is 33.8 Å². The molecule has 0 aliphatic heterocycles. The van der Waals surface area contributed by atoms with Crippen molar-refractivity contribution in [2.24, 2.45) is 11.7 Å². The van der Waals surface area contributed by atoms with Gasteiger partial charge < -0.3 is 41.6 Å². The highest BCUT2D eigenvalue weighted by Crippen LogP contribution is 2.08. The van der Waals surface area contributed by atoms with Crippen molar-refractivity contribution >= 4 is 23.8 Å². The van der Waals surface area contributed by atoms with Crippen LogP contribution in [0.3, 0.4) is 0 Å². The molecule has 0 heterocycles. The van der Waals surface area contributed by atoms with Crippen molar-refractivity contribution in [1.29, 1.82) is 0 Å². The monoisotopic (exact) mass is 517 g/mol. The van der Waals surface area contributed by atoms with E-state index in [1.807, 2.05) is 0 Å². The van der Waals surface area contributed by atoms with E-state index in [-0.39, 0.29) is 56.2 Å². The summed E-state index contributed by atoms with van der Waals surface area (Å²) >= 11 is 0. The molecule has 0 bridgehead atoms. The number of alkyl carbamates (subject to hydrolysis) is 1. The lowest BCUT2D eigenvalue weighted by Crippen LogP contribution is -2.49. The molecule has 0 aromatic heterocycles. The van der Waals surface area contributed by atoms with Crippen LogP contribution >= 0.6 is 0 Å². The summed E-state index contributed by atoms with van der Waals surface area (Å²) in [7, 11) is 1.59. The molecule has 0 radical (unpaired) electrons. The molecule has 2 atom stereocenters. The molecule has 0 saturated heterocycles. The number of hydrogen-bond donors (Lipinski definition) is 6. The lowest BCUT2D eigenvalue weighted by Gasteiger charge is -2.22. The standard InChI is InChI=1S/C24H47N5O7/c1-4-21(31)27-14-19(15-28-22(32)5-2)36-24(34)29-20(11-6-8-12-25)23(33)26-13-9-7-10-18(16-30)17-35-3/h18-20,30H,4-17,25H2,1-3H3,(H,26,33)(H,27,31)(H,28,32)(H,29,34)/t18?,20-/m0/s1. The van der Waals surface area contributed by atoms with Gasteiger partial charge in [-0.2, -0.15) is 0 Å². The van der Waals surface area contributed by atoms with E-state index in [1.54, 1.807) is 21.0 Å². The number of unbranched alkanes of at least 4 members (excludes halogenated alkanes) is 2. The Labute approximate surface area is 214 Å². The van der Waals surface area contributed by atoms with Gasteiger partial charge in [0.1, 0.15) is 12.1 Å². The van der Waals surface area contributed by atoms with Crippen molar-refractivity contribution in [2.75, 3.05) is 46.5 Å². The van der Waals surface area contributed by atoms with E-state index in [2.05, 4.69) is 21.3 Å². The molecule has 0 aromatic carbocycles. The number of hydrogen-bond acceptors (Lipinski definition) is 8. The van der Waals surface area contributed by atoms with Gasteiger partial charge in [0, 0.05) is 39.0 Å². The second kappa shape index (κ2) is 21.8. The summed E-state index contributed by atoms with van der Waals surface area (Å²) in [6, 6.07) is -0.807. The fraction of sp³-hybridized carbons (Fsp3) is 0.833. The molecule has 0 rings (SSSR count). The minimum Gasteiger partial charge on any atom is -0.442 e. The summed E-state index contributed by atoms with van der Waals surface area (Å²) in [6.07, 6.45) is 3.01. The number of aliphatic hydroxyl groups is 1. The van der Waals surface area contributed by atoms with Crippen molar-refractivity contribution in [1.82, 2.24) is 21.3 Å². The number of carbonyl (C=O) groups is 4. The Hall–Kier alpha value is -2.44. The van der Waals surface area contributed by atoms with Crippen LogP contribution in [0.1, 0.15) is 65.2 Å². The Kier molecular flexibility index (Phi) is 20.3. The molecule has 0 aliphatic carbocycles. The summed E-state index contributed by atoms with van der Waals surface area (Å²) in [4.78, 5) is 48.5. The Morgan fingerprint density at radius 2 is 1.50 bits per heavy atom. The quantitative estimate of drug-likeness (QED) is 0.117. The molecular weight excluding hydrogens is 470 g/mol. The van der Waals surface area contributed by atoms with Crippen LogP contribution in [0.4, 0.5) is 4.79 Å². The van der Waals surface area contributed by atoms with Crippen molar-refractivity contribution in [2.45, 2.75) is 77.4 Å². The number of carbonyl (C=O) groups excluding carboxylic acids is 4. The maximum atomic E-state index is 12.7. The average Bonchev–Trinajstić information content (AvgIpc) is 2.88. The molecule has 4 amide bonds. The van der Waals surface area contributed by atoms with Gasteiger partial charge in [-0.05, 0) is 38.6 Å². The Bertz CT molecular complexity index is 616. The predicted octanol–water partition coefficient (Wildman–Crippen LogP) is 0.173. The molecule has 1 unspecified atom stereocenters. The Morgan fingerprint density at radius 3 is 2.03 bits per heavy atom. The summed E-state index contributed by atoms with van der Waals surface area (Å²) in [5.41, 5.74) is 5.56. The molecule has 0 aliphatic rings. The second-order valence-corrected chi connectivity index (χ2v) is 8.61. The number of nitrogens with one attached hydrogen (secondary N) is 4. The zero-order chi connectivity index (χ0) is 27.2. The van der Waals surface area contributed by atoms with Crippen molar-refractivity contribution in [3.8, 4) is 0 Å². The first-order valence-electron chi connectivity index (χ1n) is 12.9. The van der Waals surface area contributed by atoms with Crippen LogP contribution in [0.25, 0.3) is 0 Å². The first kappa shape index (κ1) is 33.6. The third kappa shape index (κ3) is 17.1. The molecular formula is C24H47N5O7. The van der Waals surface area contributed by atoms with Crippen LogP contribution in [0.5, 0.6) is 0 Å². The normalized spacial score (nSPS) is 12.5. The van der Waals surface area contributed by atoms with Crippen LogP contribution in [0, 0.1) is 5.92 Å². The van der Waals surface area contributed by atoms with Gasteiger partial charge in [0.2, 0.25) is 17.7 Å². The lowest BCUT2D eigenvalue weighted by atomic mass is 10.0. The largest absolute Gasteiger partial charge is 0.442 e. The van der Waals surface area contributed by atoms with Crippen LogP contribution in [-0.2, 0) is 23.9 Å². The van der Waals surface area contributed by atoms with Gasteiger partial charge in [-0.15, -0.1) is 0 Å². The van der Waals surface area contributed by atoms with Crippen LogP contribution in [0.15, 0.2) is 0 Å². The summed E-state index contributed by atoms with van der Waals surface area (Å²) < 4.78 is 10.5. The van der Waals surface area contributed by atoms with Crippen molar-refractivity contribution in [3.63, 3.8) is 0 Å². The SMILES string of the molecule is CCC(=O)NCC(CNC(=O)CC)OC(=O)N[C@@H](CCCCN)C(=O)NCCCCC(CO)COC. The van der Waals surface area contributed by atoms with Gasteiger partial charge in [-0.25, -0.2) is 4.79 Å². The second-order valence-electron chi connectivity index (χ2n) is 8.61. The lowest BCUT2D eigenvalue weighted by molar-refractivity contribution is -0.123. The fourth-order valence-corrected chi connectivity index (χ4v) is 3.31. The van der Waals surface area contributed by atoms with Crippen LogP contribution in [-0.4, -0.2) is 87.6 Å². The van der Waals surface area contributed by atoms with Gasteiger partial charge in [0.25, 0.3) is 0 Å². The third-order valence-corrected chi connectivity index (χ3v) is 5.52. The molecule has 12 nitrogen and oxygen atoms in total. The third-order valence-electron chi connectivity index (χ3n) is 5.52. The topological polar surface area (TPSA) is 181 Å². The van der Waals surface area contributed by atoms with E-state index in [9.17, 15) is 24.3 Å². The van der Waals surface area contributed by atoms with E-state index in [1.165, 1.54) is 0 Å². The fourth-order valence-electron chi connectivity index (χ4n) is 3.31. The first-order valence-corrected chi connectivity index (χ1v) is 12.9. The average molecular weight is 518 g/mol. The number of aliphatic hydroxyl groups excluding tert-OH is 1. The number of nitrogens with two attached hydrogens (primary N) is 1. The molecule has 0 fully saturated rings. The van der Waals surface area contributed by atoms with Crippen LogP contribution in [0.2, 0.25) is 0 Å². The minimum absolute atomic E-state index is 0.0338. The Morgan fingerprint density at radius 1 is 0.889 bits per heavy atom. The predicted molar refractivity (Wildman–Crippen MR) is 136 cm³/mol. The van der Waals surface area contributed by atoms with Gasteiger partial charge >= 0.3 is 6.09 Å². The molecule has 0 spiro atoms. The highest BCUT2D eigenvalue weighted by Gasteiger charge is 2.23. The molecule has 36 heavy (non-hydrogen) atoms. The number of methoxy groups -OCH3 is 1. The van der Waals surface area contributed by atoms with E-state index >= 15 is 0 Å². The van der Waals surface area contributed by atoms with Gasteiger partial charge in [-0.3, -0.25) is 14.4 Å². The van der Waals surface area contributed by atoms with E-state index in [4.69, 9.17) is 15.2 Å². The minimum atomic E-state index is -0.810. The maximum Gasteiger partial charge on any atom is 0.408 e. The highest BCUT2D eigenvalue weighted by atomic mass is 16.6. The number of ether oxygens (including phenoxy) is 2. The van der Waals surface area contributed by atoms with E-state index in [0.29, 0.717) is 39.0 Å². The number of rotatable bonds is 21. The van der Waals surface area contributed by atoms with Gasteiger partial charge in [0.05, 0.1) is 19.7 Å². The van der Waals surface area contributed by atoms with Gasteiger partial charge in [0.15, 0.2) is 0 Å². The van der Waals surface area contributed by atoms with Crippen LogP contribution < -0.4 is 27.0 Å². The summed E-state index contributed by atoms with van der Waals surface area (Å²) in [6.45, 7) is 4.92. The molecule has 12 heteroatoms. The van der Waals surface area contributed by atoms with E-state index < -0.39 is 18.2 Å². The van der Waals surface area contributed by atoms with E-state index in [0.717, 1.165) is 19.3 Å². The smallest absolute Gasteiger partial charge is 0.408 e. The summed E-state index contributed by atoms with van der Waals surface area (Å²) in [5, 5.41) is 20.1. The first-order chi connectivity index (χ1) is 17.3. The van der Waals surface area contributed by atoms with Crippen molar-refractivity contribution in [3.05, 3.63) is 0 Å². The molecule has 0 aromatic rings.